The fourth-order valence-electron chi connectivity index (χ4n) is 1.98. The minimum Gasteiger partial charge on any atom is -0.385 e. The Balaban J connectivity index is 2.76. The van der Waals surface area contributed by atoms with Crippen LogP contribution in [0.4, 0.5) is 5.69 Å². The van der Waals surface area contributed by atoms with E-state index in [1.54, 1.807) is 0 Å². The number of benzene rings is 1. The van der Waals surface area contributed by atoms with Crippen LogP contribution < -0.4 is 5.32 Å². The van der Waals surface area contributed by atoms with E-state index in [0.29, 0.717) is 0 Å². The summed E-state index contributed by atoms with van der Waals surface area (Å²) < 4.78 is 1.12. The molecule has 0 aliphatic heterocycles. The number of hydrogen-bond donors (Lipinski definition) is 1. The Kier molecular flexibility index (Phi) is 3.67. The average Bonchev–Trinajstić information content (AvgIpc) is 2.34. The third-order valence-electron chi connectivity index (χ3n) is 2.95. The van der Waals surface area contributed by atoms with Gasteiger partial charge in [0, 0.05) is 27.8 Å². The molecule has 1 aromatic heterocycles. The highest BCUT2D eigenvalue weighted by Crippen LogP contribution is 2.30. The number of anilines is 1. The maximum absolute atomic E-state index is 4.73. The number of halogens is 1. The molecule has 0 amide bonds. The number of hydrogen-bond acceptors (Lipinski definition) is 2. The Morgan fingerprint density at radius 1 is 1.29 bits per heavy atom. The first kappa shape index (κ1) is 12.4. The van der Waals surface area contributed by atoms with Gasteiger partial charge in [-0.3, -0.25) is 4.98 Å². The molecule has 0 radical (unpaired) electrons. The van der Waals surface area contributed by atoms with Gasteiger partial charge in [-0.15, -0.1) is 0 Å². The highest BCUT2D eigenvalue weighted by molar-refractivity contribution is 9.10. The average molecular weight is 293 g/mol. The van der Waals surface area contributed by atoms with E-state index in [1.165, 1.54) is 16.6 Å². The standard InChI is InChI=1S/C14H17BrN2/c1-4-10-8-13(16-5-2)11-6-7-12(15)9(3)14(11)17-10/h6-8H,4-5H2,1-3H3,(H,16,17). The van der Waals surface area contributed by atoms with Crippen molar-refractivity contribution < 1.29 is 0 Å². The summed E-state index contributed by atoms with van der Waals surface area (Å²) in [5.41, 5.74) is 4.62. The smallest absolute Gasteiger partial charge is 0.0766 e. The molecule has 0 unspecified atom stereocenters. The van der Waals surface area contributed by atoms with Crippen molar-refractivity contribution >= 4 is 32.5 Å². The molecule has 2 nitrogen and oxygen atoms in total. The molecule has 0 aliphatic carbocycles. The molecule has 0 aliphatic rings. The summed E-state index contributed by atoms with van der Waals surface area (Å²) >= 11 is 3.57. The van der Waals surface area contributed by atoms with Crippen LogP contribution in [0.1, 0.15) is 25.1 Å². The lowest BCUT2D eigenvalue weighted by molar-refractivity contribution is 1.05. The maximum atomic E-state index is 4.73. The van der Waals surface area contributed by atoms with E-state index in [9.17, 15) is 0 Å². The number of fused-ring (bicyclic) bond motifs is 1. The van der Waals surface area contributed by atoms with Gasteiger partial charge in [-0.05, 0) is 44.0 Å². The Morgan fingerprint density at radius 2 is 2.06 bits per heavy atom. The second-order valence-electron chi connectivity index (χ2n) is 4.11. The molecule has 1 N–H and O–H groups in total. The second-order valence-corrected chi connectivity index (χ2v) is 4.97. The van der Waals surface area contributed by atoms with Gasteiger partial charge in [0.05, 0.1) is 5.52 Å². The van der Waals surface area contributed by atoms with Crippen LogP contribution in [0.2, 0.25) is 0 Å². The fraction of sp³-hybridized carbons (Fsp3) is 0.357. The molecule has 2 rings (SSSR count). The third-order valence-corrected chi connectivity index (χ3v) is 3.81. The van der Waals surface area contributed by atoms with E-state index >= 15 is 0 Å². The van der Waals surface area contributed by atoms with Gasteiger partial charge in [-0.1, -0.05) is 22.9 Å². The molecule has 0 atom stereocenters. The van der Waals surface area contributed by atoms with E-state index in [1.807, 2.05) is 0 Å². The van der Waals surface area contributed by atoms with E-state index in [0.717, 1.165) is 28.6 Å². The third kappa shape index (κ3) is 2.29. The number of pyridine rings is 1. The molecule has 0 spiro atoms. The molecular weight excluding hydrogens is 276 g/mol. The van der Waals surface area contributed by atoms with Crippen molar-refractivity contribution in [3.05, 3.63) is 33.9 Å². The van der Waals surface area contributed by atoms with E-state index < -0.39 is 0 Å². The van der Waals surface area contributed by atoms with Crippen molar-refractivity contribution in [1.82, 2.24) is 4.98 Å². The zero-order chi connectivity index (χ0) is 12.4. The lowest BCUT2D eigenvalue weighted by atomic mass is 10.1. The van der Waals surface area contributed by atoms with Gasteiger partial charge in [0.25, 0.3) is 0 Å². The van der Waals surface area contributed by atoms with Gasteiger partial charge in [0.1, 0.15) is 0 Å². The Bertz CT molecular complexity index is 549. The maximum Gasteiger partial charge on any atom is 0.0766 e. The summed E-state index contributed by atoms with van der Waals surface area (Å²) in [6, 6.07) is 6.36. The van der Waals surface area contributed by atoms with Crippen LogP contribution in [-0.4, -0.2) is 11.5 Å². The van der Waals surface area contributed by atoms with Gasteiger partial charge in [0.15, 0.2) is 0 Å². The van der Waals surface area contributed by atoms with Gasteiger partial charge in [-0.25, -0.2) is 0 Å². The molecule has 3 heteroatoms. The van der Waals surface area contributed by atoms with E-state index in [2.05, 4.69) is 60.2 Å². The number of nitrogens with zero attached hydrogens (tertiary/aromatic N) is 1. The lowest BCUT2D eigenvalue weighted by Gasteiger charge is -2.12. The lowest BCUT2D eigenvalue weighted by Crippen LogP contribution is -2.01. The predicted octanol–water partition coefficient (Wildman–Crippen LogP) is 4.30. The molecule has 1 heterocycles. The number of rotatable bonds is 3. The summed E-state index contributed by atoms with van der Waals surface area (Å²) in [6.07, 6.45) is 0.959. The molecule has 17 heavy (non-hydrogen) atoms. The molecule has 2 aromatic rings. The number of aryl methyl sites for hydroxylation is 2. The van der Waals surface area contributed by atoms with Gasteiger partial charge in [-0.2, -0.15) is 0 Å². The molecule has 0 saturated heterocycles. The zero-order valence-corrected chi connectivity index (χ0v) is 12.1. The summed E-state index contributed by atoms with van der Waals surface area (Å²) in [6.45, 7) is 7.28. The molecular formula is C14H17BrN2. The zero-order valence-electron chi connectivity index (χ0n) is 10.5. The first-order valence-electron chi connectivity index (χ1n) is 6.00. The first-order valence-corrected chi connectivity index (χ1v) is 6.79. The Labute approximate surface area is 111 Å². The molecule has 0 bridgehead atoms. The fourth-order valence-corrected chi connectivity index (χ4v) is 2.29. The first-order chi connectivity index (χ1) is 8.17. The largest absolute Gasteiger partial charge is 0.385 e. The van der Waals surface area contributed by atoms with Crippen LogP contribution in [0.15, 0.2) is 22.7 Å². The number of aromatic nitrogens is 1. The van der Waals surface area contributed by atoms with Gasteiger partial charge >= 0.3 is 0 Å². The van der Waals surface area contributed by atoms with Crippen molar-refractivity contribution in [2.24, 2.45) is 0 Å². The summed E-state index contributed by atoms with van der Waals surface area (Å²) in [5.74, 6) is 0. The minimum atomic E-state index is 0.928. The topological polar surface area (TPSA) is 24.9 Å². The van der Waals surface area contributed by atoms with Crippen molar-refractivity contribution in [2.75, 3.05) is 11.9 Å². The molecule has 0 fully saturated rings. The molecule has 90 valence electrons. The van der Waals surface area contributed by atoms with Crippen LogP contribution in [0.5, 0.6) is 0 Å². The summed E-state index contributed by atoms with van der Waals surface area (Å²) in [5, 5.41) is 4.62. The summed E-state index contributed by atoms with van der Waals surface area (Å²) in [4.78, 5) is 4.73. The highest BCUT2D eigenvalue weighted by Gasteiger charge is 2.08. The molecule has 1 aromatic carbocycles. The summed E-state index contributed by atoms with van der Waals surface area (Å²) in [7, 11) is 0. The number of nitrogens with one attached hydrogen (secondary N) is 1. The second kappa shape index (κ2) is 5.05. The van der Waals surface area contributed by atoms with Crippen molar-refractivity contribution in [3.63, 3.8) is 0 Å². The minimum absolute atomic E-state index is 0.928. The van der Waals surface area contributed by atoms with E-state index in [-0.39, 0.29) is 0 Å². The Morgan fingerprint density at radius 3 is 2.71 bits per heavy atom. The van der Waals surface area contributed by atoms with Crippen molar-refractivity contribution in [2.45, 2.75) is 27.2 Å². The van der Waals surface area contributed by atoms with Crippen LogP contribution in [0, 0.1) is 6.92 Å². The molecule has 0 saturated carbocycles. The quantitative estimate of drug-likeness (QED) is 0.912. The van der Waals surface area contributed by atoms with Gasteiger partial charge < -0.3 is 5.32 Å². The van der Waals surface area contributed by atoms with E-state index in [4.69, 9.17) is 4.98 Å². The van der Waals surface area contributed by atoms with Crippen molar-refractivity contribution in [3.8, 4) is 0 Å². The normalized spacial score (nSPS) is 10.8. The van der Waals surface area contributed by atoms with Crippen LogP contribution in [0.3, 0.4) is 0 Å². The Hall–Kier alpha value is -1.09. The van der Waals surface area contributed by atoms with Gasteiger partial charge in [0.2, 0.25) is 0 Å². The van der Waals surface area contributed by atoms with Crippen LogP contribution in [0.25, 0.3) is 10.9 Å². The van der Waals surface area contributed by atoms with Crippen LogP contribution in [-0.2, 0) is 6.42 Å². The monoisotopic (exact) mass is 292 g/mol. The SMILES string of the molecule is CCNc1cc(CC)nc2c(C)c(Br)ccc12. The highest BCUT2D eigenvalue weighted by atomic mass is 79.9. The van der Waals surface area contributed by atoms with Crippen LogP contribution >= 0.6 is 15.9 Å². The van der Waals surface area contributed by atoms with Crippen molar-refractivity contribution in [1.29, 1.82) is 0 Å². The predicted molar refractivity (Wildman–Crippen MR) is 77.7 cm³/mol.